The van der Waals surface area contributed by atoms with Gasteiger partial charge in [-0.15, -0.1) is 12.4 Å². The lowest BCUT2D eigenvalue weighted by atomic mass is 10.1. The number of ether oxygens (including phenoxy) is 1. The summed E-state index contributed by atoms with van der Waals surface area (Å²) < 4.78 is 6.30. The normalized spacial score (nSPS) is 20.3. The Balaban J connectivity index is 0.00000264. The zero-order chi connectivity index (χ0) is 16.1. The van der Waals surface area contributed by atoms with E-state index in [2.05, 4.69) is 31.9 Å². The molecule has 23 heavy (non-hydrogen) atoms. The number of halogens is 2. The molecule has 0 aromatic heterocycles. The van der Waals surface area contributed by atoms with E-state index in [0.717, 1.165) is 15.7 Å². The van der Waals surface area contributed by atoms with Crippen LogP contribution in [0, 0.1) is 6.92 Å². The number of carbonyl (C=O) groups excluding carboxylic acids is 2. The van der Waals surface area contributed by atoms with Crippen molar-refractivity contribution in [3.8, 4) is 0 Å². The first-order chi connectivity index (χ1) is 10.5. The Hall–Kier alpha value is -1.15. The zero-order valence-corrected chi connectivity index (χ0v) is 15.4. The smallest absolute Gasteiger partial charge is 0.243 e. The highest BCUT2D eigenvalue weighted by atomic mass is 79.9. The third-order valence-corrected chi connectivity index (χ3v) is 3.99. The molecule has 1 aromatic rings. The Morgan fingerprint density at radius 3 is 2.87 bits per heavy atom. The molecule has 3 N–H and O–H groups in total. The number of hydrogen-bond donors (Lipinski definition) is 3. The standard InChI is InChI=1S/C15H20BrN3O3.ClH/c1-9-3-4-11(16)7-12(9)19-13(20)8-18-15(21)14-10(2)22-6-5-17-14;/h3-4,7,10,14,17H,5-6,8H2,1-2H3,(H,18,21)(H,19,20);1H/t10-,14+;/m1./s1. The van der Waals surface area contributed by atoms with Gasteiger partial charge in [0.25, 0.3) is 0 Å². The number of hydrogen-bond acceptors (Lipinski definition) is 4. The zero-order valence-electron chi connectivity index (χ0n) is 13.0. The number of amides is 2. The highest BCUT2D eigenvalue weighted by Gasteiger charge is 2.28. The van der Waals surface area contributed by atoms with Gasteiger partial charge in [0.15, 0.2) is 0 Å². The summed E-state index contributed by atoms with van der Waals surface area (Å²) in [7, 11) is 0. The fraction of sp³-hybridized carbons (Fsp3) is 0.467. The molecule has 8 heteroatoms. The lowest BCUT2D eigenvalue weighted by Gasteiger charge is -2.29. The number of aryl methyl sites for hydroxylation is 1. The number of rotatable bonds is 4. The molecule has 128 valence electrons. The van der Waals surface area contributed by atoms with E-state index in [1.165, 1.54) is 0 Å². The van der Waals surface area contributed by atoms with Gasteiger partial charge in [0, 0.05) is 16.7 Å². The molecule has 0 radical (unpaired) electrons. The van der Waals surface area contributed by atoms with Gasteiger partial charge in [-0.2, -0.15) is 0 Å². The third-order valence-electron chi connectivity index (χ3n) is 3.50. The minimum absolute atomic E-state index is 0. The van der Waals surface area contributed by atoms with Crippen LogP contribution >= 0.6 is 28.3 Å². The summed E-state index contributed by atoms with van der Waals surface area (Å²) in [5.41, 5.74) is 1.68. The van der Waals surface area contributed by atoms with E-state index in [9.17, 15) is 9.59 Å². The van der Waals surface area contributed by atoms with Crippen LogP contribution in [0.4, 0.5) is 5.69 Å². The number of anilines is 1. The van der Waals surface area contributed by atoms with Crippen LogP contribution in [-0.2, 0) is 14.3 Å². The van der Waals surface area contributed by atoms with Gasteiger partial charge in [0.1, 0.15) is 6.04 Å². The first-order valence-corrected chi connectivity index (χ1v) is 7.95. The molecule has 1 heterocycles. The van der Waals surface area contributed by atoms with Crippen LogP contribution in [0.15, 0.2) is 22.7 Å². The topological polar surface area (TPSA) is 79.5 Å². The van der Waals surface area contributed by atoms with Crippen LogP contribution in [0.1, 0.15) is 12.5 Å². The first-order valence-electron chi connectivity index (χ1n) is 7.16. The van der Waals surface area contributed by atoms with E-state index in [4.69, 9.17) is 4.74 Å². The van der Waals surface area contributed by atoms with Crippen molar-refractivity contribution >= 4 is 45.8 Å². The van der Waals surface area contributed by atoms with Gasteiger partial charge in [-0.05, 0) is 31.5 Å². The second kappa shape index (κ2) is 9.22. The molecule has 1 aromatic carbocycles. The highest BCUT2D eigenvalue weighted by molar-refractivity contribution is 9.10. The van der Waals surface area contributed by atoms with Gasteiger partial charge in [0.2, 0.25) is 11.8 Å². The maximum atomic E-state index is 12.0. The molecule has 1 aliphatic heterocycles. The monoisotopic (exact) mass is 405 g/mol. The van der Waals surface area contributed by atoms with Crippen molar-refractivity contribution in [1.82, 2.24) is 10.6 Å². The van der Waals surface area contributed by atoms with Crippen LogP contribution in [0.25, 0.3) is 0 Å². The molecule has 0 bridgehead atoms. The van der Waals surface area contributed by atoms with Crippen LogP contribution in [0.2, 0.25) is 0 Å². The lowest BCUT2D eigenvalue weighted by molar-refractivity contribution is -0.130. The Morgan fingerprint density at radius 2 is 2.17 bits per heavy atom. The summed E-state index contributed by atoms with van der Waals surface area (Å²) >= 11 is 3.36. The van der Waals surface area contributed by atoms with Crippen LogP contribution < -0.4 is 16.0 Å². The summed E-state index contributed by atoms with van der Waals surface area (Å²) in [4.78, 5) is 24.0. The van der Waals surface area contributed by atoms with E-state index in [1.54, 1.807) is 0 Å². The Kier molecular flexibility index (Phi) is 7.98. The maximum absolute atomic E-state index is 12.0. The molecule has 1 aliphatic rings. The molecule has 2 atom stereocenters. The van der Waals surface area contributed by atoms with Gasteiger partial charge in [0.05, 0.1) is 19.3 Å². The lowest BCUT2D eigenvalue weighted by Crippen LogP contribution is -2.56. The number of morpholine rings is 1. The minimum Gasteiger partial charge on any atom is -0.375 e. The summed E-state index contributed by atoms with van der Waals surface area (Å²) in [5.74, 6) is -0.493. The van der Waals surface area contributed by atoms with E-state index < -0.39 is 6.04 Å². The summed E-state index contributed by atoms with van der Waals surface area (Å²) in [6.07, 6.45) is -0.205. The largest absolute Gasteiger partial charge is 0.375 e. The van der Waals surface area contributed by atoms with Gasteiger partial charge in [-0.25, -0.2) is 0 Å². The van der Waals surface area contributed by atoms with Gasteiger partial charge in [-0.1, -0.05) is 22.0 Å². The molecular formula is C15H21BrClN3O3. The minimum atomic E-state index is -0.422. The second-order valence-electron chi connectivity index (χ2n) is 5.23. The van der Waals surface area contributed by atoms with Gasteiger partial charge >= 0.3 is 0 Å². The average molecular weight is 407 g/mol. The third kappa shape index (κ3) is 5.76. The summed E-state index contributed by atoms with van der Waals surface area (Å²) in [6, 6.07) is 5.22. The van der Waals surface area contributed by atoms with E-state index in [0.29, 0.717) is 13.2 Å². The maximum Gasteiger partial charge on any atom is 0.243 e. The van der Waals surface area contributed by atoms with Crippen molar-refractivity contribution in [1.29, 1.82) is 0 Å². The molecular weight excluding hydrogens is 386 g/mol. The quantitative estimate of drug-likeness (QED) is 0.710. The van der Waals surface area contributed by atoms with Crippen LogP contribution in [0.5, 0.6) is 0 Å². The molecule has 6 nitrogen and oxygen atoms in total. The van der Waals surface area contributed by atoms with E-state index in [-0.39, 0.29) is 36.9 Å². The Labute approximate surface area is 150 Å². The fourth-order valence-electron chi connectivity index (χ4n) is 2.23. The SMILES string of the molecule is Cc1ccc(Br)cc1NC(=O)CNC(=O)[C@H]1NCCO[C@@H]1C.Cl. The van der Waals surface area contributed by atoms with E-state index >= 15 is 0 Å². The van der Waals surface area contributed by atoms with Crippen molar-refractivity contribution in [2.24, 2.45) is 0 Å². The van der Waals surface area contributed by atoms with Crippen molar-refractivity contribution in [2.45, 2.75) is 26.0 Å². The molecule has 0 spiro atoms. The predicted octanol–water partition coefficient (Wildman–Crippen LogP) is 1.61. The Bertz CT molecular complexity index is 571. The summed E-state index contributed by atoms with van der Waals surface area (Å²) in [6.45, 7) is 4.89. The van der Waals surface area contributed by atoms with Gasteiger partial charge < -0.3 is 20.7 Å². The van der Waals surface area contributed by atoms with Crippen molar-refractivity contribution < 1.29 is 14.3 Å². The van der Waals surface area contributed by atoms with Crippen LogP contribution in [0.3, 0.4) is 0 Å². The Morgan fingerprint density at radius 1 is 1.43 bits per heavy atom. The molecule has 1 fully saturated rings. The molecule has 0 saturated carbocycles. The molecule has 2 rings (SSSR count). The number of benzene rings is 1. The molecule has 0 aliphatic carbocycles. The fourth-order valence-corrected chi connectivity index (χ4v) is 2.59. The second-order valence-corrected chi connectivity index (χ2v) is 6.15. The van der Waals surface area contributed by atoms with Crippen molar-refractivity contribution in [2.75, 3.05) is 25.0 Å². The van der Waals surface area contributed by atoms with E-state index in [1.807, 2.05) is 32.0 Å². The van der Waals surface area contributed by atoms with Crippen LogP contribution in [-0.4, -0.2) is 43.7 Å². The molecule has 1 saturated heterocycles. The molecule has 0 unspecified atom stereocenters. The number of carbonyl (C=O) groups is 2. The summed E-state index contributed by atoms with van der Waals surface area (Å²) in [5, 5.41) is 8.50. The van der Waals surface area contributed by atoms with Crippen molar-refractivity contribution in [3.05, 3.63) is 28.2 Å². The average Bonchev–Trinajstić information content (AvgIpc) is 2.49. The van der Waals surface area contributed by atoms with Gasteiger partial charge in [-0.3, -0.25) is 9.59 Å². The number of nitrogens with one attached hydrogen (secondary N) is 3. The molecule has 2 amide bonds. The highest BCUT2D eigenvalue weighted by Crippen LogP contribution is 2.20. The predicted molar refractivity (Wildman–Crippen MR) is 95.0 cm³/mol. The first kappa shape index (κ1) is 19.9. The van der Waals surface area contributed by atoms with Crippen molar-refractivity contribution in [3.63, 3.8) is 0 Å².